The molecule has 4 heterocycles. The van der Waals surface area contributed by atoms with Crippen LogP contribution >= 0.6 is 0 Å². The highest BCUT2D eigenvalue weighted by atomic mass is 16.7. The van der Waals surface area contributed by atoms with Crippen molar-refractivity contribution < 1.29 is 67.5 Å². The van der Waals surface area contributed by atoms with E-state index in [0.29, 0.717) is 6.42 Å². The van der Waals surface area contributed by atoms with E-state index in [2.05, 4.69) is 0 Å². The maximum atomic E-state index is 13.3. The van der Waals surface area contributed by atoms with Gasteiger partial charge in [0.05, 0.1) is 37.1 Å². The van der Waals surface area contributed by atoms with Gasteiger partial charge in [-0.05, 0) is 52.2 Å². The second-order valence-corrected chi connectivity index (χ2v) is 14.1. The van der Waals surface area contributed by atoms with Gasteiger partial charge in [0.2, 0.25) is 0 Å². The lowest BCUT2D eigenvalue weighted by Crippen LogP contribution is -2.59. The Hall–Kier alpha value is -1.82. The van der Waals surface area contributed by atoms with E-state index in [1.54, 1.807) is 26.0 Å². The third-order valence-corrected chi connectivity index (χ3v) is 10.1. The second-order valence-electron chi connectivity index (χ2n) is 14.1. The molecule has 0 radical (unpaired) electrons. The fourth-order valence-electron chi connectivity index (χ4n) is 7.12. The smallest absolute Gasteiger partial charge is 0.330 e. The summed E-state index contributed by atoms with van der Waals surface area (Å²) in [5.41, 5.74) is -1.75. The molecule has 14 nitrogen and oxygen atoms in total. The Balaban J connectivity index is 1.56. The van der Waals surface area contributed by atoms with Gasteiger partial charge in [-0.25, -0.2) is 4.79 Å². The lowest BCUT2D eigenvalue weighted by molar-refractivity contribution is -0.305. The maximum Gasteiger partial charge on any atom is 0.330 e. The van der Waals surface area contributed by atoms with E-state index in [-0.39, 0.29) is 19.1 Å². The van der Waals surface area contributed by atoms with Gasteiger partial charge in [-0.2, -0.15) is 0 Å². The minimum absolute atomic E-state index is 0.0234. The summed E-state index contributed by atoms with van der Waals surface area (Å²) in [5, 5.41) is 32.8. The van der Waals surface area contributed by atoms with Gasteiger partial charge in [0.15, 0.2) is 18.4 Å². The number of carbonyl (C=O) groups excluding carboxylic acids is 2. The van der Waals surface area contributed by atoms with Crippen LogP contribution in [-0.2, 0) is 52.2 Å². The summed E-state index contributed by atoms with van der Waals surface area (Å²) in [5.74, 6) is -2.45. The van der Waals surface area contributed by atoms with E-state index in [4.69, 9.17) is 42.6 Å². The molecule has 0 spiro atoms. The van der Waals surface area contributed by atoms with Crippen molar-refractivity contribution in [2.24, 2.45) is 17.8 Å². The molecule has 0 bridgehead atoms. The summed E-state index contributed by atoms with van der Waals surface area (Å²) in [4.78, 5) is 26.5. The molecule has 4 aliphatic rings. The Kier molecular flexibility index (Phi) is 14.0. The molecule has 14 heteroatoms. The van der Waals surface area contributed by atoms with Crippen LogP contribution in [0.15, 0.2) is 24.3 Å². The third kappa shape index (κ3) is 9.74. The monoisotopic (exact) mass is 700 g/mol. The lowest BCUT2D eigenvalue weighted by atomic mass is 9.82. The molecule has 0 aliphatic carbocycles. The van der Waals surface area contributed by atoms with Gasteiger partial charge in [0.25, 0.3) is 0 Å². The van der Waals surface area contributed by atoms with Crippen molar-refractivity contribution in [3.05, 3.63) is 24.3 Å². The van der Waals surface area contributed by atoms with Crippen molar-refractivity contribution >= 4 is 11.8 Å². The van der Waals surface area contributed by atoms with Crippen molar-refractivity contribution in [3.8, 4) is 0 Å². The first kappa shape index (κ1) is 40.0. The van der Waals surface area contributed by atoms with E-state index >= 15 is 0 Å². The standard InChI is InChI=1S/C35H56O14/c1-17-10-13-26(37)46-20(4)22(16-44-34-32(43-9)31(42-8)27(38)21(5)47-34)30-23(48-30)11-12-25(36)35(6,40)15-18(2)29(17)49-33-28(39)24(41-7)14-19(3)45-33/h10-13,17-24,27-34,38-40H,14-16H2,1-9H3/b12-11+,13-10+/t17?,18?,19-,20?,21+,22?,23+,24+,27+,28-,29?,30+,31+,32+,33+,34+,35?/m0/s1. The van der Waals surface area contributed by atoms with Crippen molar-refractivity contribution in [3.63, 3.8) is 0 Å². The molecule has 6 unspecified atom stereocenters. The first-order valence-corrected chi connectivity index (χ1v) is 17.1. The molecule has 17 atom stereocenters. The molecule has 280 valence electrons. The minimum atomic E-state index is -1.75. The van der Waals surface area contributed by atoms with Crippen LogP contribution in [-0.4, -0.2) is 140 Å². The normalized spacial score (nSPS) is 48.3. The first-order chi connectivity index (χ1) is 23.1. The Morgan fingerprint density at radius 3 is 2.18 bits per heavy atom. The zero-order valence-corrected chi connectivity index (χ0v) is 30.0. The third-order valence-electron chi connectivity index (χ3n) is 10.1. The molecule has 49 heavy (non-hydrogen) atoms. The molecule has 3 fully saturated rings. The number of carbonyl (C=O) groups is 2. The minimum Gasteiger partial charge on any atom is -0.459 e. The zero-order chi connectivity index (χ0) is 36.2. The van der Waals surface area contributed by atoms with Crippen LogP contribution in [0.2, 0.25) is 0 Å². The van der Waals surface area contributed by atoms with E-state index in [0.717, 1.165) is 0 Å². The molecular formula is C35H56O14. The van der Waals surface area contributed by atoms with Crippen molar-refractivity contribution in [1.29, 1.82) is 0 Å². The first-order valence-electron chi connectivity index (χ1n) is 17.1. The van der Waals surface area contributed by atoms with Crippen LogP contribution in [0.3, 0.4) is 0 Å². The largest absolute Gasteiger partial charge is 0.459 e. The average molecular weight is 701 g/mol. The van der Waals surface area contributed by atoms with E-state index in [9.17, 15) is 24.9 Å². The maximum absolute atomic E-state index is 13.3. The van der Waals surface area contributed by atoms with E-state index < -0.39 is 109 Å². The zero-order valence-electron chi connectivity index (χ0n) is 30.0. The summed E-state index contributed by atoms with van der Waals surface area (Å²) in [7, 11) is 4.46. The number of aliphatic hydroxyl groups excluding tert-OH is 2. The number of epoxide rings is 1. The number of methoxy groups -OCH3 is 3. The molecule has 4 rings (SSSR count). The Morgan fingerprint density at radius 2 is 1.53 bits per heavy atom. The summed E-state index contributed by atoms with van der Waals surface area (Å²) in [6.07, 6.45) is -2.67. The summed E-state index contributed by atoms with van der Waals surface area (Å²) >= 11 is 0. The van der Waals surface area contributed by atoms with E-state index in [1.807, 2.05) is 20.8 Å². The van der Waals surface area contributed by atoms with E-state index in [1.165, 1.54) is 40.4 Å². The van der Waals surface area contributed by atoms with Gasteiger partial charge < -0.3 is 58.0 Å². The number of aliphatic hydroxyl groups is 3. The van der Waals surface area contributed by atoms with Crippen LogP contribution in [0.25, 0.3) is 0 Å². The number of rotatable bonds is 8. The lowest BCUT2D eigenvalue weighted by Gasteiger charge is -2.42. The quantitative estimate of drug-likeness (QED) is 0.245. The summed E-state index contributed by atoms with van der Waals surface area (Å²) in [6, 6.07) is 0. The van der Waals surface area contributed by atoms with Crippen LogP contribution in [0.1, 0.15) is 54.4 Å². The topological polar surface area (TPSA) is 181 Å². The number of ether oxygens (including phenoxy) is 9. The highest BCUT2D eigenvalue weighted by molar-refractivity contribution is 5.96. The van der Waals surface area contributed by atoms with Crippen LogP contribution in [0, 0.1) is 17.8 Å². The molecular weight excluding hydrogens is 644 g/mol. The molecule has 0 amide bonds. The Morgan fingerprint density at radius 1 is 0.837 bits per heavy atom. The highest BCUT2D eigenvalue weighted by Gasteiger charge is 2.50. The van der Waals surface area contributed by atoms with Crippen molar-refractivity contribution in [2.75, 3.05) is 27.9 Å². The number of ketones is 1. The number of fused-ring (bicyclic) bond motifs is 1. The molecule has 0 aromatic heterocycles. The molecule has 0 aromatic carbocycles. The summed E-state index contributed by atoms with van der Waals surface area (Å²) in [6.45, 7) is 10.4. The molecule has 0 saturated carbocycles. The molecule has 3 saturated heterocycles. The highest BCUT2D eigenvalue weighted by Crippen LogP contribution is 2.37. The van der Waals surface area contributed by atoms with Crippen LogP contribution in [0.4, 0.5) is 0 Å². The summed E-state index contributed by atoms with van der Waals surface area (Å²) < 4.78 is 52.6. The average Bonchev–Trinajstić information content (AvgIpc) is 3.82. The van der Waals surface area contributed by atoms with Crippen LogP contribution in [0.5, 0.6) is 0 Å². The van der Waals surface area contributed by atoms with Gasteiger partial charge in [-0.1, -0.05) is 19.9 Å². The van der Waals surface area contributed by atoms with Crippen molar-refractivity contribution in [2.45, 2.75) is 140 Å². The van der Waals surface area contributed by atoms with Gasteiger partial charge in [0, 0.05) is 45.7 Å². The SMILES string of the molecule is CO[C@@H]1[C@H](O)[C@@H](C)O[C@@H](OCC2C(C)OC(=O)/C=C/C(C)C(O[C@H]3O[C@@H](C)C[C@@H](OC)[C@@H]3O)C(C)CC(C)(O)C(=O)/C=C/[C@H]3O[C@H]23)[C@@H]1OC. The molecule has 4 aliphatic heterocycles. The van der Waals surface area contributed by atoms with Gasteiger partial charge in [0.1, 0.15) is 42.2 Å². The number of hydrogen-bond acceptors (Lipinski definition) is 14. The molecule has 0 aromatic rings. The second kappa shape index (κ2) is 17.1. The van der Waals surface area contributed by atoms with Gasteiger partial charge in [-0.15, -0.1) is 0 Å². The predicted molar refractivity (Wildman–Crippen MR) is 173 cm³/mol. The van der Waals surface area contributed by atoms with Gasteiger partial charge in [-0.3, -0.25) is 4.79 Å². The number of cyclic esters (lactones) is 1. The fourth-order valence-corrected chi connectivity index (χ4v) is 7.12. The number of hydrogen-bond donors (Lipinski definition) is 3. The number of esters is 1. The van der Waals surface area contributed by atoms with Gasteiger partial charge >= 0.3 is 5.97 Å². The Bertz CT molecular complexity index is 1160. The predicted octanol–water partition coefficient (Wildman–Crippen LogP) is 1.46. The molecule has 3 N–H and O–H groups in total. The van der Waals surface area contributed by atoms with Crippen molar-refractivity contribution in [1.82, 2.24) is 0 Å². The fraction of sp³-hybridized carbons (Fsp3) is 0.829. The Labute approximate surface area is 288 Å². The van der Waals surface area contributed by atoms with Crippen LogP contribution < -0.4 is 0 Å².